The van der Waals surface area contributed by atoms with Crippen LogP contribution in [0.1, 0.15) is 60.9 Å². The first-order valence-corrected chi connectivity index (χ1v) is 14.1. The fourth-order valence-corrected chi connectivity index (χ4v) is 6.15. The molecule has 0 bridgehead atoms. The quantitative estimate of drug-likeness (QED) is 0.341. The van der Waals surface area contributed by atoms with Crippen LogP contribution in [0.5, 0.6) is 0 Å². The zero-order valence-electron chi connectivity index (χ0n) is 22.8. The van der Waals surface area contributed by atoms with Crippen LogP contribution in [0.15, 0.2) is 48.7 Å². The van der Waals surface area contributed by atoms with Crippen molar-refractivity contribution in [2.24, 2.45) is 5.92 Å². The molecule has 1 aliphatic carbocycles. The maximum atomic E-state index is 13.6. The third kappa shape index (κ3) is 5.70. The molecule has 2 aliphatic rings. The van der Waals surface area contributed by atoms with Crippen molar-refractivity contribution in [3.63, 3.8) is 0 Å². The average Bonchev–Trinajstić information content (AvgIpc) is 3.39. The molecule has 0 unspecified atom stereocenters. The van der Waals surface area contributed by atoms with Gasteiger partial charge in [0.15, 0.2) is 11.9 Å². The second-order valence-corrected chi connectivity index (χ2v) is 11.1. The first kappa shape index (κ1) is 27.7. The zero-order chi connectivity index (χ0) is 28.4. The highest BCUT2D eigenvalue weighted by Crippen LogP contribution is 2.31. The van der Waals surface area contributed by atoms with Crippen LogP contribution in [0, 0.1) is 18.0 Å². The molecule has 3 aromatic rings. The van der Waals surface area contributed by atoms with E-state index in [0.29, 0.717) is 47.3 Å². The van der Waals surface area contributed by atoms with E-state index in [2.05, 4.69) is 10.6 Å². The minimum Gasteiger partial charge on any atom is -0.618 e. The van der Waals surface area contributed by atoms with Gasteiger partial charge in [0.25, 0.3) is 5.91 Å². The number of anilines is 1. The van der Waals surface area contributed by atoms with Crippen LogP contribution in [-0.4, -0.2) is 39.8 Å². The van der Waals surface area contributed by atoms with E-state index in [9.17, 15) is 19.6 Å². The summed E-state index contributed by atoms with van der Waals surface area (Å²) < 4.78 is 2.71. The molecule has 0 radical (unpaired) electrons. The Bertz CT molecular complexity index is 1430. The van der Waals surface area contributed by atoms with Crippen molar-refractivity contribution in [3.8, 4) is 11.1 Å². The van der Waals surface area contributed by atoms with Gasteiger partial charge in [0.05, 0.1) is 17.1 Å². The number of rotatable bonds is 6. The maximum Gasteiger partial charge on any atom is 0.268 e. The van der Waals surface area contributed by atoms with Gasteiger partial charge in [-0.1, -0.05) is 43.0 Å². The minimum absolute atomic E-state index is 0.0107. The summed E-state index contributed by atoms with van der Waals surface area (Å²) in [7, 11) is 0. The SMILES string of the molecule is CC(=O)N1CCn2c(ccc2C(=O)N[C@H](C(=O)Nc2ccc(-c3c(Cl)cc[n+]([O-])c3C)cc2)C2CCCCC2)C1. The van der Waals surface area contributed by atoms with E-state index in [1.54, 1.807) is 43.0 Å². The van der Waals surface area contributed by atoms with Crippen molar-refractivity contribution in [3.05, 3.63) is 76.0 Å². The molecule has 0 saturated heterocycles. The summed E-state index contributed by atoms with van der Waals surface area (Å²) in [5, 5.41) is 18.6. The zero-order valence-corrected chi connectivity index (χ0v) is 23.5. The standard InChI is InChI=1S/C30H34ClN5O4/c1-19-27(25(31)14-15-36(19)40)21-8-10-23(11-9-21)32-30(39)28(22-6-4-3-5-7-22)33-29(38)26-13-12-24-18-34(20(2)37)16-17-35(24)26/h8-15,22,28H,3-7,16-18H2,1-2H3,(H,32,39)(H,33,38)/t28-/m0/s1. The monoisotopic (exact) mass is 563 g/mol. The Balaban J connectivity index is 1.33. The van der Waals surface area contributed by atoms with Crippen molar-refractivity contribution in [2.45, 2.75) is 65.1 Å². The molecule has 1 aromatic carbocycles. The highest BCUT2D eigenvalue weighted by atomic mass is 35.5. The molecule has 9 nitrogen and oxygen atoms in total. The van der Waals surface area contributed by atoms with E-state index in [-0.39, 0.29) is 23.6 Å². The van der Waals surface area contributed by atoms with Crippen molar-refractivity contribution >= 4 is 35.0 Å². The van der Waals surface area contributed by atoms with Gasteiger partial charge < -0.3 is 25.3 Å². The number of fused-ring (bicyclic) bond motifs is 1. The summed E-state index contributed by atoms with van der Waals surface area (Å²) in [6.07, 6.45) is 6.30. The van der Waals surface area contributed by atoms with Crippen LogP contribution >= 0.6 is 11.6 Å². The minimum atomic E-state index is -0.679. The number of hydrogen-bond donors (Lipinski definition) is 2. The second kappa shape index (κ2) is 11.7. The van der Waals surface area contributed by atoms with Crippen molar-refractivity contribution in [2.75, 3.05) is 11.9 Å². The molecule has 1 fully saturated rings. The van der Waals surface area contributed by atoms with Crippen LogP contribution in [0.2, 0.25) is 5.02 Å². The van der Waals surface area contributed by atoms with Gasteiger partial charge in [-0.3, -0.25) is 14.4 Å². The number of amides is 3. The molecule has 40 heavy (non-hydrogen) atoms. The highest BCUT2D eigenvalue weighted by Gasteiger charge is 2.33. The molecule has 2 aromatic heterocycles. The summed E-state index contributed by atoms with van der Waals surface area (Å²) in [6.45, 7) is 4.81. The molecule has 3 amide bonds. The summed E-state index contributed by atoms with van der Waals surface area (Å²) in [6, 6.07) is 11.7. The third-order valence-electron chi connectivity index (χ3n) is 8.11. The number of pyridine rings is 1. The molecule has 0 spiro atoms. The maximum absolute atomic E-state index is 13.6. The Morgan fingerprint density at radius 1 is 1.02 bits per heavy atom. The van der Waals surface area contributed by atoms with Crippen molar-refractivity contribution in [1.82, 2.24) is 14.8 Å². The van der Waals surface area contributed by atoms with Gasteiger partial charge in [-0.05, 0) is 48.6 Å². The Morgan fingerprint density at radius 2 is 1.75 bits per heavy atom. The lowest BCUT2D eigenvalue weighted by molar-refractivity contribution is -0.611. The van der Waals surface area contributed by atoms with Gasteiger partial charge in [0.2, 0.25) is 11.8 Å². The van der Waals surface area contributed by atoms with Crippen LogP contribution in [0.25, 0.3) is 11.1 Å². The lowest BCUT2D eigenvalue weighted by Crippen LogP contribution is -2.49. The number of benzene rings is 1. The van der Waals surface area contributed by atoms with Gasteiger partial charge in [-0.25, -0.2) is 0 Å². The molecule has 2 N–H and O–H groups in total. The number of carbonyl (C=O) groups excluding carboxylic acids is 3. The normalized spacial score (nSPS) is 16.2. The van der Waals surface area contributed by atoms with Crippen molar-refractivity contribution < 1.29 is 19.1 Å². The topological polar surface area (TPSA) is 110 Å². The Hall–Kier alpha value is -3.85. The number of halogens is 1. The molecule has 5 rings (SSSR count). The molecule has 1 aliphatic heterocycles. The van der Waals surface area contributed by atoms with E-state index in [4.69, 9.17) is 11.6 Å². The second-order valence-electron chi connectivity index (χ2n) is 10.7. The molecular formula is C30H34ClN5O4. The van der Waals surface area contributed by atoms with Gasteiger partial charge in [-0.15, -0.1) is 0 Å². The molecule has 1 atom stereocenters. The van der Waals surface area contributed by atoms with Crippen LogP contribution < -0.4 is 15.4 Å². The average molecular weight is 564 g/mol. The molecule has 10 heteroatoms. The fraction of sp³-hybridized carbons (Fsp3) is 0.400. The van der Waals surface area contributed by atoms with Gasteiger partial charge in [0.1, 0.15) is 11.7 Å². The predicted molar refractivity (Wildman–Crippen MR) is 153 cm³/mol. The van der Waals surface area contributed by atoms with Gasteiger partial charge in [0, 0.05) is 44.4 Å². The van der Waals surface area contributed by atoms with E-state index in [0.717, 1.165) is 48.1 Å². The lowest BCUT2D eigenvalue weighted by Gasteiger charge is -2.31. The summed E-state index contributed by atoms with van der Waals surface area (Å²) in [5.74, 6) is -0.494. The van der Waals surface area contributed by atoms with E-state index >= 15 is 0 Å². The third-order valence-corrected chi connectivity index (χ3v) is 8.43. The Kier molecular flexibility index (Phi) is 8.12. The van der Waals surface area contributed by atoms with Gasteiger partial charge in [-0.2, -0.15) is 4.73 Å². The highest BCUT2D eigenvalue weighted by molar-refractivity contribution is 6.33. The Labute approximate surface area is 238 Å². The molecule has 3 heterocycles. The first-order chi connectivity index (χ1) is 19.2. The fourth-order valence-electron chi connectivity index (χ4n) is 5.85. The van der Waals surface area contributed by atoms with E-state index < -0.39 is 6.04 Å². The largest absolute Gasteiger partial charge is 0.618 e. The van der Waals surface area contributed by atoms with Crippen molar-refractivity contribution in [1.29, 1.82) is 0 Å². The lowest BCUT2D eigenvalue weighted by atomic mass is 9.83. The summed E-state index contributed by atoms with van der Waals surface area (Å²) >= 11 is 6.36. The van der Waals surface area contributed by atoms with E-state index in [1.165, 1.54) is 6.20 Å². The molecule has 1 saturated carbocycles. The number of nitrogens with zero attached hydrogens (tertiary/aromatic N) is 3. The number of nitrogens with one attached hydrogen (secondary N) is 2. The smallest absolute Gasteiger partial charge is 0.268 e. The van der Waals surface area contributed by atoms with Crippen LogP contribution in [0.3, 0.4) is 0 Å². The van der Waals surface area contributed by atoms with Gasteiger partial charge >= 0.3 is 0 Å². The number of hydrogen-bond acceptors (Lipinski definition) is 4. The van der Waals surface area contributed by atoms with E-state index in [1.807, 2.05) is 22.8 Å². The summed E-state index contributed by atoms with van der Waals surface area (Å²) in [4.78, 5) is 40.6. The first-order valence-electron chi connectivity index (χ1n) is 13.8. The number of carbonyl (C=O) groups is 3. The molecular weight excluding hydrogens is 530 g/mol. The predicted octanol–water partition coefficient (Wildman–Crippen LogP) is 4.43. The Morgan fingerprint density at radius 3 is 2.45 bits per heavy atom. The van der Waals surface area contributed by atoms with Crippen LogP contribution in [0.4, 0.5) is 5.69 Å². The molecule has 210 valence electrons. The summed E-state index contributed by atoms with van der Waals surface area (Å²) in [5.41, 5.74) is 3.90. The van der Waals surface area contributed by atoms with Crippen LogP contribution in [-0.2, 0) is 22.7 Å². The number of aromatic nitrogens is 2.